The summed E-state index contributed by atoms with van der Waals surface area (Å²) in [5, 5.41) is 4.33. The van der Waals surface area contributed by atoms with Crippen LogP contribution in [0.3, 0.4) is 0 Å². The Hall–Kier alpha value is -2.04. The molecule has 2 aromatic heterocycles. The Labute approximate surface area is 125 Å². The third-order valence-electron chi connectivity index (χ3n) is 3.87. The van der Waals surface area contributed by atoms with Crippen molar-refractivity contribution in [3.63, 3.8) is 0 Å². The molecule has 0 saturated carbocycles. The summed E-state index contributed by atoms with van der Waals surface area (Å²) >= 11 is 0. The molecule has 1 unspecified atom stereocenters. The predicted octanol–water partition coefficient (Wildman–Crippen LogP) is 2.90. The molecule has 2 rings (SSSR count). The zero-order valence-electron chi connectivity index (χ0n) is 13.2. The molecule has 2 heterocycles. The number of amides is 1. The molecule has 0 N–H and O–H groups in total. The van der Waals surface area contributed by atoms with Crippen LogP contribution in [0.2, 0.25) is 0 Å². The maximum absolute atomic E-state index is 12.5. The van der Waals surface area contributed by atoms with Gasteiger partial charge in [-0.2, -0.15) is 5.10 Å². The molecule has 21 heavy (non-hydrogen) atoms. The van der Waals surface area contributed by atoms with Crippen molar-refractivity contribution < 1.29 is 9.21 Å². The van der Waals surface area contributed by atoms with Crippen LogP contribution in [-0.2, 0) is 13.0 Å². The number of rotatable bonds is 6. The van der Waals surface area contributed by atoms with Gasteiger partial charge in [0.15, 0.2) is 0 Å². The highest BCUT2D eigenvalue weighted by Gasteiger charge is 2.21. The van der Waals surface area contributed by atoms with Gasteiger partial charge in [-0.25, -0.2) is 0 Å². The van der Waals surface area contributed by atoms with Crippen molar-refractivity contribution in [2.24, 2.45) is 0 Å². The minimum absolute atomic E-state index is 0.0270. The number of hydrogen-bond acceptors (Lipinski definition) is 3. The first kappa shape index (κ1) is 15.4. The lowest BCUT2D eigenvalue weighted by atomic mass is 10.1. The van der Waals surface area contributed by atoms with Crippen LogP contribution in [0.1, 0.15) is 42.1 Å². The average molecular weight is 289 g/mol. The lowest BCUT2D eigenvalue weighted by Gasteiger charge is -2.24. The van der Waals surface area contributed by atoms with Gasteiger partial charge in [-0.15, -0.1) is 0 Å². The molecule has 5 heteroatoms. The minimum Gasteiger partial charge on any atom is -0.469 e. The molecule has 0 aliphatic rings. The normalized spacial score (nSPS) is 12.4. The zero-order chi connectivity index (χ0) is 15.4. The second-order valence-corrected chi connectivity index (χ2v) is 5.37. The van der Waals surface area contributed by atoms with E-state index in [4.69, 9.17) is 4.42 Å². The van der Waals surface area contributed by atoms with E-state index in [-0.39, 0.29) is 11.9 Å². The van der Waals surface area contributed by atoms with Gasteiger partial charge in [0, 0.05) is 32.3 Å². The Morgan fingerprint density at radius 1 is 1.52 bits per heavy atom. The number of hydrogen-bond donors (Lipinski definition) is 0. The van der Waals surface area contributed by atoms with Crippen molar-refractivity contribution in [3.8, 4) is 0 Å². The average Bonchev–Trinajstić information content (AvgIpc) is 3.12. The minimum atomic E-state index is 0.0270. The fraction of sp³-hybridized carbons (Fsp3) is 0.500. The molecular weight excluding hydrogens is 266 g/mol. The summed E-state index contributed by atoms with van der Waals surface area (Å²) in [6.45, 7) is 6.71. The molecule has 2 aromatic rings. The standard InChI is InChI=1S/C16H23N3O2/c1-5-19-11-15(13(3)17-19)16(20)18(4)12(2)8-9-14-7-6-10-21-14/h6-7,10-12H,5,8-9H2,1-4H3. The first-order valence-corrected chi connectivity index (χ1v) is 7.36. The Balaban J connectivity index is 1.98. The molecule has 0 aromatic carbocycles. The van der Waals surface area contributed by atoms with Crippen LogP contribution in [0.5, 0.6) is 0 Å². The van der Waals surface area contributed by atoms with E-state index >= 15 is 0 Å². The summed E-state index contributed by atoms with van der Waals surface area (Å²) in [4.78, 5) is 14.3. The van der Waals surface area contributed by atoms with E-state index < -0.39 is 0 Å². The summed E-state index contributed by atoms with van der Waals surface area (Å²) in [7, 11) is 1.85. The van der Waals surface area contributed by atoms with Gasteiger partial charge in [-0.1, -0.05) is 0 Å². The van der Waals surface area contributed by atoms with Gasteiger partial charge in [-0.3, -0.25) is 9.48 Å². The third kappa shape index (κ3) is 3.54. The van der Waals surface area contributed by atoms with E-state index in [0.717, 1.165) is 30.8 Å². The summed E-state index contributed by atoms with van der Waals surface area (Å²) in [6, 6.07) is 3.99. The fourth-order valence-electron chi connectivity index (χ4n) is 2.28. The maximum atomic E-state index is 12.5. The fourth-order valence-corrected chi connectivity index (χ4v) is 2.28. The Kier molecular flexibility index (Phi) is 4.83. The van der Waals surface area contributed by atoms with E-state index in [1.54, 1.807) is 15.8 Å². The largest absolute Gasteiger partial charge is 0.469 e. The first-order chi connectivity index (χ1) is 10.0. The van der Waals surface area contributed by atoms with E-state index in [2.05, 4.69) is 12.0 Å². The topological polar surface area (TPSA) is 51.3 Å². The quantitative estimate of drug-likeness (QED) is 0.821. The molecule has 1 amide bonds. The van der Waals surface area contributed by atoms with Crippen LogP contribution in [0.15, 0.2) is 29.0 Å². The number of carbonyl (C=O) groups is 1. The highest BCUT2D eigenvalue weighted by atomic mass is 16.3. The van der Waals surface area contributed by atoms with Gasteiger partial charge in [0.25, 0.3) is 5.91 Å². The molecule has 0 radical (unpaired) electrons. The van der Waals surface area contributed by atoms with Crippen molar-refractivity contribution in [2.45, 2.75) is 46.2 Å². The number of aryl methyl sites for hydroxylation is 3. The summed E-state index contributed by atoms with van der Waals surface area (Å²) in [6.07, 6.45) is 5.21. The predicted molar refractivity (Wildman–Crippen MR) is 81.2 cm³/mol. The van der Waals surface area contributed by atoms with Crippen molar-refractivity contribution in [1.82, 2.24) is 14.7 Å². The van der Waals surface area contributed by atoms with Gasteiger partial charge in [0.2, 0.25) is 0 Å². The molecule has 1 atom stereocenters. The number of nitrogens with zero attached hydrogens (tertiary/aromatic N) is 3. The highest BCUT2D eigenvalue weighted by Crippen LogP contribution is 2.14. The molecule has 0 saturated heterocycles. The third-order valence-corrected chi connectivity index (χ3v) is 3.87. The van der Waals surface area contributed by atoms with E-state index in [1.165, 1.54) is 0 Å². The highest BCUT2D eigenvalue weighted by molar-refractivity contribution is 5.95. The second-order valence-electron chi connectivity index (χ2n) is 5.37. The Bertz CT molecular complexity index is 587. The van der Waals surface area contributed by atoms with E-state index in [1.807, 2.05) is 39.2 Å². The summed E-state index contributed by atoms with van der Waals surface area (Å²) in [5.74, 6) is 0.983. The van der Waals surface area contributed by atoms with E-state index in [9.17, 15) is 4.79 Å². The van der Waals surface area contributed by atoms with Gasteiger partial charge < -0.3 is 9.32 Å². The number of furan rings is 1. The lowest BCUT2D eigenvalue weighted by molar-refractivity contribution is 0.0735. The van der Waals surface area contributed by atoms with Gasteiger partial charge >= 0.3 is 0 Å². The van der Waals surface area contributed by atoms with Crippen LogP contribution in [0, 0.1) is 6.92 Å². The molecule has 0 aliphatic carbocycles. The van der Waals surface area contributed by atoms with Crippen LogP contribution in [0.25, 0.3) is 0 Å². The Morgan fingerprint density at radius 2 is 2.29 bits per heavy atom. The van der Waals surface area contributed by atoms with Crippen LogP contribution in [0.4, 0.5) is 0 Å². The molecular formula is C16H23N3O2. The summed E-state index contributed by atoms with van der Waals surface area (Å²) < 4.78 is 7.12. The first-order valence-electron chi connectivity index (χ1n) is 7.36. The summed E-state index contributed by atoms with van der Waals surface area (Å²) in [5.41, 5.74) is 1.47. The molecule has 0 aliphatic heterocycles. The monoisotopic (exact) mass is 289 g/mol. The van der Waals surface area contributed by atoms with Crippen LogP contribution >= 0.6 is 0 Å². The van der Waals surface area contributed by atoms with Crippen LogP contribution in [-0.4, -0.2) is 33.7 Å². The Morgan fingerprint density at radius 3 is 2.86 bits per heavy atom. The zero-order valence-corrected chi connectivity index (χ0v) is 13.2. The lowest BCUT2D eigenvalue weighted by Crippen LogP contribution is -2.35. The van der Waals surface area contributed by atoms with Gasteiger partial charge in [-0.05, 0) is 39.3 Å². The van der Waals surface area contributed by atoms with Gasteiger partial charge in [0.1, 0.15) is 5.76 Å². The van der Waals surface area contributed by atoms with E-state index in [0.29, 0.717) is 5.56 Å². The number of carbonyl (C=O) groups excluding carboxylic acids is 1. The van der Waals surface area contributed by atoms with Gasteiger partial charge in [0.05, 0.1) is 17.5 Å². The molecule has 0 spiro atoms. The smallest absolute Gasteiger partial charge is 0.257 e. The maximum Gasteiger partial charge on any atom is 0.257 e. The SMILES string of the molecule is CCn1cc(C(=O)N(C)C(C)CCc2ccco2)c(C)n1. The van der Waals surface area contributed by atoms with Crippen LogP contribution < -0.4 is 0 Å². The van der Waals surface area contributed by atoms with Crippen molar-refractivity contribution in [2.75, 3.05) is 7.05 Å². The van der Waals surface area contributed by atoms with Crippen molar-refractivity contribution in [3.05, 3.63) is 41.6 Å². The molecule has 5 nitrogen and oxygen atoms in total. The second kappa shape index (κ2) is 6.61. The number of aromatic nitrogens is 2. The van der Waals surface area contributed by atoms with Crippen molar-refractivity contribution in [1.29, 1.82) is 0 Å². The van der Waals surface area contributed by atoms with Crippen molar-refractivity contribution >= 4 is 5.91 Å². The molecule has 114 valence electrons. The molecule has 0 bridgehead atoms. The molecule has 0 fully saturated rings.